The molecule has 1 aliphatic carbocycles. The van der Waals surface area contributed by atoms with E-state index in [4.69, 9.17) is 5.11 Å². The number of nitrogens with one attached hydrogen (secondary N) is 1. The predicted octanol–water partition coefficient (Wildman–Crippen LogP) is 3.20. The number of rotatable bonds is 5. The van der Waals surface area contributed by atoms with Crippen molar-refractivity contribution in [3.63, 3.8) is 0 Å². The molecule has 112 valence electrons. The molecule has 0 aromatic heterocycles. The summed E-state index contributed by atoms with van der Waals surface area (Å²) in [5.74, 6) is -1.93. The molecule has 0 bridgehead atoms. The summed E-state index contributed by atoms with van der Waals surface area (Å²) in [7, 11) is 0. The lowest BCUT2D eigenvalue weighted by Crippen LogP contribution is -2.16. The zero-order valence-electron chi connectivity index (χ0n) is 11.2. The molecule has 1 aliphatic rings. The van der Waals surface area contributed by atoms with Gasteiger partial charge in [0.25, 0.3) is 5.69 Å². The number of aromatic carboxylic acids is 1. The zero-order valence-corrected chi connectivity index (χ0v) is 11.2. The summed E-state index contributed by atoms with van der Waals surface area (Å²) in [5, 5.41) is 22.6. The molecule has 0 aliphatic heterocycles. The molecule has 7 heteroatoms. The molecule has 0 saturated carbocycles. The van der Waals surface area contributed by atoms with Crippen molar-refractivity contribution in [1.82, 2.24) is 0 Å². The smallest absolute Gasteiger partial charge is 0.342 e. The first-order valence-corrected chi connectivity index (χ1v) is 6.59. The van der Waals surface area contributed by atoms with Gasteiger partial charge in [0.15, 0.2) is 5.82 Å². The van der Waals surface area contributed by atoms with Crippen molar-refractivity contribution in [2.75, 3.05) is 11.9 Å². The molecule has 1 aromatic carbocycles. The molecule has 0 amide bonds. The Bertz CT molecular complexity index is 601. The monoisotopic (exact) mass is 294 g/mol. The maximum Gasteiger partial charge on any atom is 0.342 e. The maximum atomic E-state index is 13.8. The van der Waals surface area contributed by atoms with E-state index in [1.165, 1.54) is 0 Å². The van der Waals surface area contributed by atoms with Gasteiger partial charge in [0.1, 0.15) is 5.56 Å². The van der Waals surface area contributed by atoms with E-state index in [0.29, 0.717) is 18.5 Å². The Labute approximate surface area is 120 Å². The normalized spacial score (nSPS) is 17.5. The van der Waals surface area contributed by atoms with Crippen LogP contribution < -0.4 is 5.32 Å². The van der Waals surface area contributed by atoms with Crippen molar-refractivity contribution in [3.05, 3.63) is 45.8 Å². The summed E-state index contributed by atoms with van der Waals surface area (Å²) < 4.78 is 13.8. The number of allylic oxidation sites excluding steroid dienone is 2. The van der Waals surface area contributed by atoms with Crippen molar-refractivity contribution in [3.8, 4) is 0 Å². The number of nitro benzene ring substituents is 1. The van der Waals surface area contributed by atoms with Gasteiger partial charge >= 0.3 is 5.97 Å². The molecule has 21 heavy (non-hydrogen) atoms. The molecule has 0 saturated heterocycles. The molecule has 1 unspecified atom stereocenters. The number of benzene rings is 1. The molecule has 1 atom stereocenters. The van der Waals surface area contributed by atoms with Crippen LogP contribution >= 0.6 is 0 Å². The Kier molecular flexibility index (Phi) is 4.52. The molecule has 2 rings (SSSR count). The van der Waals surface area contributed by atoms with Crippen LogP contribution in [0.1, 0.15) is 29.6 Å². The average Bonchev–Trinajstić information content (AvgIpc) is 2.46. The highest BCUT2D eigenvalue weighted by molar-refractivity contribution is 5.93. The number of nitro groups is 1. The van der Waals surface area contributed by atoms with Gasteiger partial charge in [-0.2, -0.15) is 0 Å². The molecule has 0 fully saturated rings. The van der Waals surface area contributed by atoms with Crippen LogP contribution in [0.2, 0.25) is 0 Å². The molecule has 1 aromatic rings. The van der Waals surface area contributed by atoms with Crippen LogP contribution in [0, 0.1) is 21.8 Å². The Morgan fingerprint density at radius 1 is 1.48 bits per heavy atom. The number of anilines is 1. The molecular formula is C14H15FN2O4. The van der Waals surface area contributed by atoms with E-state index >= 15 is 0 Å². The maximum absolute atomic E-state index is 13.8. The minimum absolute atomic E-state index is 0.0208. The minimum Gasteiger partial charge on any atom is -0.477 e. The van der Waals surface area contributed by atoms with Crippen LogP contribution in [0.5, 0.6) is 0 Å². The second kappa shape index (κ2) is 6.34. The quantitative estimate of drug-likeness (QED) is 0.494. The highest BCUT2D eigenvalue weighted by atomic mass is 19.1. The number of halogens is 1. The first-order valence-electron chi connectivity index (χ1n) is 6.59. The molecule has 2 N–H and O–H groups in total. The van der Waals surface area contributed by atoms with E-state index < -0.39 is 28.0 Å². The fraction of sp³-hybridized carbons (Fsp3) is 0.357. The first kappa shape index (κ1) is 15.0. The van der Waals surface area contributed by atoms with E-state index in [2.05, 4.69) is 17.5 Å². The summed E-state index contributed by atoms with van der Waals surface area (Å²) >= 11 is 0. The van der Waals surface area contributed by atoms with Crippen LogP contribution in [0.25, 0.3) is 0 Å². The molecule has 6 nitrogen and oxygen atoms in total. The summed E-state index contributed by atoms with van der Waals surface area (Å²) in [4.78, 5) is 20.9. The Hall–Kier alpha value is -2.44. The zero-order chi connectivity index (χ0) is 15.4. The lowest BCUT2D eigenvalue weighted by molar-refractivity contribution is -0.385. The van der Waals surface area contributed by atoms with Crippen molar-refractivity contribution in [2.24, 2.45) is 5.92 Å². The standard InChI is InChI=1S/C14H15FN2O4/c15-11-7-13(17(20)21)10(14(18)19)6-12(11)16-8-9-4-2-1-3-5-9/h1-2,6-7,9,16H,3-5,8H2,(H,18,19). The SMILES string of the molecule is O=C(O)c1cc(NCC2CC=CCC2)c(F)cc1[N+](=O)[O-]. The Morgan fingerprint density at radius 3 is 2.81 bits per heavy atom. The van der Waals surface area contributed by atoms with Crippen LogP contribution in [0.15, 0.2) is 24.3 Å². The third kappa shape index (κ3) is 3.56. The molecule has 0 heterocycles. The number of carboxylic acid groups (broad SMARTS) is 1. The average molecular weight is 294 g/mol. The second-order valence-electron chi connectivity index (χ2n) is 4.94. The fourth-order valence-electron chi connectivity index (χ4n) is 2.32. The summed E-state index contributed by atoms with van der Waals surface area (Å²) in [6, 6.07) is 1.63. The van der Waals surface area contributed by atoms with Gasteiger partial charge in [0, 0.05) is 6.54 Å². The number of nitrogens with zero attached hydrogens (tertiary/aromatic N) is 1. The Morgan fingerprint density at radius 2 is 2.24 bits per heavy atom. The number of hydrogen-bond donors (Lipinski definition) is 2. The molecule has 0 spiro atoms. The summed E-state index contributed by atoms with van der Waals surface area (Å²) in [5.41, 5.74) is -1.29. The van der Waals surface area contributed by atoms with E-state index in [9.17, 15) is 19.3 Å². The van der Waals surface area contributed by atoms with Crippen molar-refractivity contribution < 1.29 is 19.2 Å². The predicted molar refractivity (Wildman–Crippen MR) is 75.0 cm³/mol. The summed E-state index contributed by atoms with van der Waals surface area (Å²) in [6.07, 6.45) is 6.98. The van der Waals surface area contributed by atoms with E-state index in [1.807, 2.05) is 0 Å². The van der Waals surface area contributed by atoms with Crippen LogP contribution in [-0.2, 0) is 0 Å². The van der Waals surface area contributed by atoms with Gasteiger partial charge in [0.2, 0.25) is 0 Å². The topological polar surface area (TPSA) is 92.5 Å². The lowest BCUT2D eigenvalue weighted by Gasteiger charge is -2.19. The van der Waals surface area contributed by atoms with Crippen molar-refractivity contribution >= 4 is 17.3 Å². The fourth-order valence-corrected chi connectivity index (χ4v) is 2.32. The van der Waals surface area contributed by atoms with Crippen LogP contribution in [0.4, 0.5) is 15.8 Å². The lowest BCUT2D eigenvalue weighted by atomic mass is 9.94. The van der Waals surface area contributed by atoms with Gasteiger partial charge in [0.05, 0.1) is 16.7 Å². The van der Waals surface area contributed by atoms with Crippen molar-refractivity contribution in [1.29, 1.82) is 0 Å². The number of carboxylic acids is 1. The van der Waals surface area contributed by atoms with E-state index in [-0.39, 0.29) is 5.69 Å². The van der Waals surface area contributed by atoms with Crippen LogP contribution in [0.3, 0.4) is 0 Å². The van der Waals surface area contributed by atoms with Gasteiger partial charge in [-0.1, -0.05) is 12.2 Å². The molecule has 0 radical (unpaired) electrons. The Balaban J connectivity index is 2.19. The van der Waals surface area contributed by atoms with Gasteiger partial charge in [-0.05, 0) is 31.2 Å². The first-order chi connectivity index (χ1) is 9.99. The van der Waals surface area contributed by atoms with Crippen LogP contribution in [-0.4, -0.2) is 22.5 Å². The van der Waals surface area contributed by atoms with Gasteiger partial charge < -0.3 is 10.4 Å². The molecular weight excluding hydrogens is 279 g/mol. The van der Waals surface area contributed by atoms with Gasteiger partial charge in [-0.3, -0.25) is 10.1 Å². The van der Waals surface area contributed by atoms with E-state index in [0.717, 1.165) is 25.3 Å². The highest BCUT2D eigenvalue weighted by Gasteiger charge is 2.23. The van der Waals surface area contributed by atoms with E-state index in [1.54, 1.807) is 0 Å². The minimum atomic E-state index is -1.45. The third-order valence-electron chi connectivity index (χ3n) is 3.47. The highest BCUT2D eigenvalue weighted by Crippen LogP contribution is 2.27. The largest absolute Gasteiger partial charge is 0.477 e. The van der Waals surface area contributed by atoms with Crippen molar-refractivity contribution in [2.45, 2.75) is 19.3 Å². The third-order valence-corrected chi connectivity index (χ3v) is 3.47. The second-order valence-corrected chi connectivity index (χ2v) is 4.94. The van der Waals surface area contributed by atoms with Gasteiger partial charge in [-0.25, -0.2) is 9.18 Å². The van der Waals surface area contributed by atoms with Gasteiger partial charge in [-0.15, -0.1) is 0 Å². The number of hydrogen-bond acceptors (Lipinski definition) is 4. The summed E-state index contributed by atoms with van der Waals surface area (Å²) in [6.45, 7) is 0.498. The number of carbonyl (C=O) groups is 1.